The van der Waals surface area contributed by atoms with Crippen LogP contribution in [0.2, 0.25) is 0 Å². The van der Waals surface area contributed by atoms with Crippen molar-refractivity contribution in [3.8, 4) is 0 Å². The summed E-state index contributed by atoms with van der Waals surface area (Å²) in [6.07, 6.45) is 1.77. The van der Waals surface area contributed by atoms with Gasteiger partial charge >= 0.3 is 0 Å². The van der Waals surface area contributed by atoms with Crippen molar-refractivity contribution in [3.63, 3.8) is 0 Å². The summed E-state index contributed by atoms with van der Waals surface area (Å²) in [7, 11) is 2.18. The standard InChI is InChI=1S/C19H28N6/c1-15(2)14-21-19-20-9-8-18(23-19)22-16-4-6-17(7-5-16)25-12-10-24(3)11-13-25/h4-9,15H,10-14H2,1-3H3,(H2,20,21,22,23). The van der Waals surface area contributed by atoms with Gasteiger partial charge in [-0.3, -0.25) is 0 Å². The van der Waals surface area contributed by atoms with E-state index in [9.17, 15) is 0 Å². The van der Waals surface area contributed by atoms with Crippen molar-refractivity contribution < 1.29 is 0 Å². The summed E-state index contributed by atoms with van der Waals surface area (Å²) >= 11 is 0. The molecule has 6 heteroatoms. The van der Waals surface area contributed by atoms with E-state index < -0.39 is 0 Å². The topological polar surface area (TPSA) is 56.3 Å². The highest BCUT2D eigenvalue weighted by Gasteiger charge is 2.13. The summed E-state index contributed by atoms with van der Waals surface area (Å²) in [5, 5.41) is 6.60. The first kappa shape index (κ1) is 17.5. The van der Waals surface area contributed by atoms with Crippen LogP contribution < -0.4 is 15.5 Å². The zero-order valence-electron chi connectivity index (χ0n) is 15.4. The van der Waals surface area contributed by atoms with E-state index in [1.165, 1.54) is 5.69 Å². The number of nitrogens with zero attached hydrogens (tertiary/aromatic N) is 4. The predicted octanol–water partition coefficient (Wildman–Crippen LogP) is 3.04. The van der Waals surface area contributed by atoms with Gasteiger partial charge in [0.2, 0.25) is 5.95 Å². The van der Waals surface area contributed by atoms with Crippen LogP contribution in [0.4, 0.5) is 23.1 Å². The fourth-order valence-electron chi connectivity index (χ4n) is 2.78. The molecule has 0 amide bonds. The minimum absolute atomic E-state index is 0.558. The summed E-state index contributed by atoms with van der Waals surface area (Å²) in [5.41, 5.74) is 2.31. The van der Waals surface area contributed by atoms with Crippen molar-refractivity contribution in [2.45, 2.75) is 13.8 Å². The molecular formula is C19H28N6. The van der Waals surface area contributed by atoms with E-state index in [0.717, 1.165) is 44.2 Å². The molecule has 25 heavy (non-hydrogen) atoms. The molecule has 0 spiro atoms. The molecule has 1 saturated heterocycles. The first-order valence-electron chi connectivity index (χ1n) is 8.97. The van der Waals surface area contributed by atoms with E-state index in [1.54, 1.807) is 6.20 Å². The van der Waals surface area contributed by atoms with Gasteiger partial charge in [-0.2, -0.15) is 4.98 Å². The molecule has 2 aromatic rings. The summed E-state index contributed by atoms with van der Waals surface area (Å²) < 4.78 is 0. The van der Waals surface area contributed by atoms with E-state index >= 15 is 0 Å². The third-order valence-electron chi connectivity index (χ3n) is 4.33. The summed E-state index contributed by atoms with van der Waals surface area (Å²) in [6.45, 7) is 9.59. The maximum Gasteiger partial charge on any atom is 0.224 e. The number of aromatic nitrogens is 2. The van der Waals surface area contributed by atoms with Crippen molar-refractivity contribution in [2.24, 2.45) is 5.92 Å². The molecule has 3 rings (SSSR count). The van der Waals surface area contributed by atoms with Crippen LogP contribution in [-0.2, 0) is 0 Å². The Kier molecular flexibility index (Phi) is 5.71. The summed E-state index contributed by atoms with van der Waals surface area (Å²) in [4.78, 5) is 13.6. The second-order valence-corrected chi connectivity index (χ2v) is 7.00. The Hall–Kier alpha value is -2.34. The molecule has 1 aromatic carbocycles. The fraction of sp³-hybridized carbons (Fsp3) is 0.474. The molecule has 2 heterocycles. The molecule has 1 aliphatic rings. The Morgan fingerprint density at radius 1 is 1.04 bits per heavy atom. The second-order valence-electron chi connectivity index (χ2n) is 7.00. The number of piperazine rings is 1. The fourth-order valence-corrected chi connectivity index (χ4v) is 2.78. The molecule has 0 saturated carbocycles. The minimum atomic E-state index is 0.558. The van der Waals surface area contributed by atoms with Gasteiger partial charge in [-0.25, -0.2) is 4.98 Å². The van der Waals surface area contributed by atoms with E-state index in [1.807, 2.05) is 6.07 Å². The van der Waals surface area contributed by atoms with Gasteiger partial charge in [0.15, 0.2) is 0 Å². The third kappa shape index (κ3) is 5.06. The van der Waals surface area contributed by atoms with Gasteiger partial charge < -0.3 is 20.4 Å². The van der Waals surface area contributed by atoms with Crippen LogP contribution in [-0.4, -0.2) is 54.6 Å². The quantitative estimate of drug-likeness (QED) is 0.843. The Balaban J connectivity index is 1.60. The van der Waals surface area contributed by atoms with Gasteiger partial charge in [-0.05, 0) is 43.3 Å². The van der Waals surface area contributed by atoms with Crippen molar-refractivity contribution in [2.75, 3.05) is 55.3 Å². The molecule has 0 unspecified atom stereocenters. The van der Waals surface area contributed by atoms with Crippen LogP contribution in [0, 0.1) is 5.92 Å². The normalized spacial score (nSPS) is 15.4. The summed E-state index contributed by atoms with van der Waals surface area (Å²) in [6, 6.07) is 10.4. The summed E-state index contributed by atoms with van der Waals surface area (Å²) in [5.74, 6) is 2.02. The molecule has 134 valence electrons. The number of hydrogen-bond donors (Lipinski definition) is 2. The van der Waals surface area contributed by atoms with Gasteiger partial charge in [-0.1, -0.05) is 13.8 Å². The van der Waals surface area contributed by atoms with Crippen LogP contribution >= 0.6 is 0 Å². The van der Waals surface area contributed by atoms with Crippen LogP contribution in [0.1, 0.15) is 13.8 Å². The lowest BCUT2D eigenvalue weighted by Gasteiger charge is -2.34. The molecule has 2 N–H and O–H groups in total. The monoisotopic (exact) mass is 340 g/mol. The molecule has 1 fully saturated rings. The van der Waals surface area contributed by atoms with Gasteiger partial charge in [-0.15, -0.1) is 0 Å². The molecule has 1 aromatic heterocycles. The predicted molar refractivity (Wildman–Crippen MR) is 105 cm³/mol. The number of likely N-dealkylation sites (N-methyl/N-ethyl adjacent to an activating group) is 1. The van der Waals surface area contributed by atoms with Crippen LogP contribution in [0.5, 0.6) is 0 Å². The Bertz CT molecular complexity index is 662. The molecular weight excluding hydrogens is 312 g/mol. The smallest absolute Gasteiger partial charge is 0.224 e. The van der Waals surface area contributed by atoms with Crippen molar-refractivity contribution in [1.82, 2.24) is 14.9 Å². The average molecular weight is 340 g/mol. The molecule has 0 bridgehead atoms. The van der Waals surface area contributed by atoms with Gasteiger partial charge in [0.05, 0.1) is 0 Å². The maximum atomic E-state index is 4.51. The van der Waals surface area contributed by atoms with E-state index in [4.69, 9.17) is 0 Å². The number of nitrogens with one attached hydrogen (secondary N) is 2. The van der Waals surface area contributed by atoms with E-state index in [-0.39, 0.29) is 0 Å². The van der Waals surface area contributed by atoms with Crippen LogP contribution in [0.15, 0.2) is 36.5 Å². The largest absolute Gasteiger partial charge is 0.369 e. The highest BCUT2D eigenvalue weighted by atomic mass is 15.2. The van der Waals surface area contributed by atoms with Crippen molar-refractivity contribution in [1.29, 1.82) is 0 Å². The lowest BCUT2D eigenvalue weighted by molar-refractivity contribution is 0.313. The molecule has 0 radical (unpaired) electrons. The zero-order chi connectivity index (χ0) is 17.6. The number of anilines is 4. The Morgan fingerprint density at radius 3 is 2.44 bits per heavy atom. The number of rotatable bonds is 6. The van der Waals surface area contributed by atoms with Crippen LogP contribution in [0.3, 0.4) is 0 Å². The van der Waals surface area contributed by atoms with E-state index in [0.29, 0.717) is 11.9 Å². The van der Waals surface area contributed by atoms with Crippen LogP contribution in [0.25, 0.3) is 0 Å². The highest BCUT2D eigenvalue weighted by molar-refractivity contribution is 5.61. The van der Waals surface area contributed by atoms with E-state index in [2.05, 4.69) is 75.6 Å². The molecule has 0 aliphatic carbocycles. The maximum absolute atomic E-state index is 4.51. The first-order valence-corrected chi connectivity index (χ1v) is 8.97. The van der Waals surface area contributed by atoms with Gasteiger partial charge in [0.25, 0.3) is 0 Å². The average Bonchev–Trinajstić information content (AvgIpc) is 2.62. The lowest BCUT2D eigenvalue weighted by Crippen LogP contribution is -2.44. The first-order chi connectivity index (χ1) is 12.1. The third-order valence-corrected chi connectivity index (χ3v) is 4.33. The van der Waals surface area contributed by atoms with Gasteiger partial charge in [0.1, 0.15) is 5.82 Å². The molecule has 1 aliphatic heterocycles. The number of benzene rings is 1. The molecule has 0 atom stereocenters. The highest BCUT2D eigenvalue weighted by Crippen LogP contribution is 2.21. The minimum Gasteiger partial charge on any atom is -0.369 e. The lowest BCUT2D eigenvalue weighted by atomic mass is 10.2. The Morgan fingerprint density at radius 2 is 1.76 bits per heavy atom. The Labute approximate surface area is 150 Å². The second kappa shape index (κ2) is 8.16. The number of hydrogen-bond acceptors (Lipinski definition) is 6. The van der Waals surface area contributed by atoms with Gasteiger partial charge in [0, 0.05) is 50.3 Å². The SMILES string of the molecule is CC(C)CNc1nccc(Nc2ccc(N3CCN(C)CC3)cc2)n1. The van der Waals surface area contributed by atoms with Crippen molar-refractivity contribution >= 4 is 23.1 Å². The molecule has 6 nitrogen and oxygen atoms in total. The van der Waals surface area contributed by atoms with Crippen molar-refractivity contribution in [3.05, 3.63) is 36.5 Å². The zero-order valence-corrected chi connectivity index (χ0v) is 15.4.